The number of hydrogen-bond donors (Lipinski definition) is 0. The van der Waals surface area contributed by atoms with Crippen LogP contribution in [0.2, 0.25) is 5.02 Å². The Labute approximate surface area is 184 Å². The summed E-state index contributed by atoms with van der Waals surface area (Å²) in [6, 6.07) is 9.00. The number of pyridine rings is 1. The first-order chi connectivity index (χ1) is 15.1. The minimum absolute atomic E-state index is 0.0779. The number of methoxy groups -OCH3 is 1. The highest BCUT2D eigenvalue weighted by molar-refractivity contribution is 6.31. The number of nitrogens with zero attached hydrogens (tertiary/aromatic N) is 5. The van der Waals surface area contributed by atoms with E-state index in [-0.39, 0.29) is 5.91 Å². The van der Waals surface area contributed by atoms with E-state index in [1.807, 2.05) is 17.0 Å². The van der Waals surface area contributed by atoms with Crippen molar-refractivity contribution in [3.8, 4) is 17.1 Å². The van der Waals surface area contributed by atoms with Crippen molar-refractivity contribution in [3.63, 3.8) is 0 Å². The molecule has 2 aromatic heterocycles. The molecule has 8 nitrogen and oxygen atoms in total. The molecule has 0 radical (unpaired) electrons. The van der Waals surface area contributed by atoms with Crippen LogP contribution >= 0.6 is 11.6 Å². The number of aromatic nitrogens is 3. The van der Waals surface area contributed by atoms with E-state index in [1.165, 1.54) is 0 Å². The van der Waals surface area contributed by atoms with Crippen molar-refractivity contribution in [2.24, 2.45) is 0 Å². The van der Waals surface area contributed by atoms with Crippen LogP contribution in [0.15, 0.2) is 41.1 Å². The summed E-state index contributed by atoms with van der Waals surface area (Å²) in [5.74, 6) is 3.04. The van der Waals surface area contributed by atoms with Gasteiger partial charge in [-0.3, -0.25) is 4.79 Å². The van der Waals surface area contributed by atoms with E-state index < -0.39 is 0 Å². The molecule has 1 saturated heterocycles. The molecule has 2 fully saturated rings. The molecule has 160 valence electrons. The lowest BCUT2D eigenvalue weighted by Gasteiger charge is -2.35. The number of carbonyl (C=O) groups excluding carboxylic acids is 1. The minimum Gasteiger partial charge on any atom is -0.496 e. The fourth-order valence-electron chi connectivity index (χ4n) is 3.71. The molecule has 1 saturated carbocycles. The van der Waals surface area contributed by atoms with E-state index in [0.717, 1.165) is 30.1 Å². The standard InChI is InChI=1S/C22H22ClN5O3/c1-30-18-6-5-16(23)12-17(18)22(29)28-10-8-27(9-11-28)19-7-4-15(13-24-19)20-25-21(31-26-20)14-2-3-14/h4-7,12-14H,2-3,8-11H2,1H3. The van der Waals surface area contributed by atoms with Crippen molar-refractivity contribution in [1.29, 1.82) is 0 Å². The summed E-state index contributed by atoms with van der Waals surface area (Å²) >= 11 is 6.08. The fraction of sp³-hybridized carbons (Fsp3) is 0.364. The van der Waals surface area contributed by atoms with E-state index in [2.05, 4.69) is 20.0 Å². The van der Waals surface area contributed by atoms with Gasteiger partial charge in [-0.1, -0.05) is 16.8 Å². The van der Waals surface area contributed by atoms with Gasteiger partial charge < -0.3 is 19.1 Å². The number of benzene rings is 1. The van der Waals surface area contributed by atoms with Crippen LogP contribution in [-0.4, -0.2) is 59.2 Å². The van der Waals surface area contributed by atoms with Gasteiger partial charge in [0.25, 0.3) is 5.91 Å². The highest BCUT2D eigenvalue weighted by Gasteiger charge is 2.30. The maximum atomic E-state index is 13.0. The average molecular weight is 440 g/mol. The topological polar surface area (TPSA) is 84.6 Å². The Morgan fingerprint density at radius 2 is 1.97 bits per heavy atom. The lowest BCUT2D eigenvalue weighted by Crippen LogP contribution is -2.49. The first kappa shape index (κ1) is 19.8. The quantitative estimate of drug-likeness (QED) is 0.600. The number of rotatable bonds is 5. The molecule has 3 aromatic rings. The second-order valence-corrected chi connectivity index (χ2v) is 8.20. The van der Waals surface area contributed by atoms with Crippen LogP contribution < -0.4 is 9.64 Å². The van der Waals surface area contributed by atoms with Gasteiger partial charge in [-0.25, -0.2) is 4.98 Å². The third-order valence-electron chi connectivity index (χ3n) is 5.66. The maximum Gasteiger partial charge on any atom is 0.257 e. The van der Waals surface area contributed by atoms with Crippen molar-refractivity contribution < 1.29 is 14.1 Å². The first-order valence-corrected chi connectivity index (χ1v) is 10.7. The van der Waals surface area contributed by atoms with Crippen molar-refractivity contribution >= 4 is 23.3 Å². The predicted molar refractivity (Wildman–Crippen MR) is 116 cm³/mol. The summed E-state index contributed by atoms with van der Waals surface area (Å²) in [5, 5.41) is 4.58. The highest BCUT2D eigenvalue weighted by atomic mass is 35.5. The van der Waals surface area contributed by atoms with Gasteiger partial charge in [0.15, 0.2) is 0 Å². The van der Waals surface area contributed by atoms with Crippen molar-refractivity contribution in [2.75, 3.05) is 38.2 Å². The molecule has 1 aliphatic carbocycles. The lowest BCUT2D eigenvalue weighted by atomic mass is 10.1. The lowest BCUT2D eigenvalue weighted by molar-refractivity contribution is 0.0743. The van der Waals surface area contributed by atoms with Crippen LogP contribution in [0.3, 0.4) is 0 Å². The van der Waals surface area contributed by atoms with Crippen molar-refractivity contribution in [3.05, 3.63) is 53.0 Å². The van der Waals surface area contributed by atoms with E-state index in [0.29, 0.717) is 54.3 Å². The van der Waals surface area contributed by atoms with Gasteiger partial charge in [0, 0.05) is 48.9 Å². The van der Waals surface area contributed by atoms with E-state index in [1.54, 1.807) is 31.5 Å². The summed E-state index contributed by atoms with van der Waals surface area (Å²) in [5.41, 5.74) is 1.32. The first-order valence-electron chi connectivity index (χ1n) is 10.3. The fourth-order valence-corrected chi connectivity index (χ4v) is 3.88. The number of amides is 1. The molecule has 0 unspecified atom stereocenters. The van der Waals surface area contributed by atoms with Crippen LogP contribution in [0.5, 0.6) is 5.75 Å². The van der Waals surface area contributed by atoms with Gasteiger partial charge in [-0.05, 0) is 43.2 Å². The smallest absolute Gasteiger partial charge is 0.257 e. The summed E-state index contributed by atoms with van der Waals surface area (Å²) in [7, 11) is 1.55. The van der Waals surface area contributed by atoms with E-state index in [9.17, 15) is 4.79 Å². The third-order valence-corrected chi connectivity index (χ3v) is 5.89. The Morgan fingerprint density at radius 3 is 2.65 bits per heavy atom. The number of halogens is 1. The third kappa shape index (κ3) is 4.07. The molecule has 0 N–H and O–H groups in total. The Morgan fingerprint density at radius 1 is 1.16 bits per heavy atom. The van der Waals surface area contributed by atoms with Crippen molar-refractivity contribution in [1.82, 2.24) is 20.0 Å². The summed E-state index contributed by atoms with van der Waals surface area (Å²) < 4.78 is 10.7. The minimum atomic E-state index is -0.0779. The normalized spacial score (nSPS) is 16.5. The molecule has 1 amide bonds. The molecule has 3 heterocycles. The second-order valence-electron chi connectivity index (χ2n) is 7.76. The molecule has 2 aliphatic rings. The molecule has 0 atom stereocenters. The van der Waals surface area contributed by atoms with Gasteiger partial charge >= 0.3 is 0 Å². The SMILES string of the molecule is COc1ccc(Cl)cc1C(=O)N1CCN(c2ccc(-c3noc(C4CC4)n3)cn2)CC1. The largest absolute Gasteiger partial charge is 0.496 e. The maximum absolute atomic E-state index is 13.0. The predicted octanol–water partition coefficient (Wildman–Crippen LogP) is 3.63. The molecule has 0 spiro atoms. The molecule has 0 bridgehead atoms. The monoisotopic (exact) mass is 439 g/mol. The van der Waals surface area contributed by atoms with Gasteiger partial charge in [0.05, 0.1) is 12.7 Å². The number of piperazine rings is 1. The Hall–Kier alpha value is -3.13. The second kappa shape index (κ2) is 8.19. The molecule has 9 heteroatoms. The molecule has 1 aliphatic heterocycles. The summed E-state index contributed by atoms with van der Waals surface area (Å²) in [6.07, 6.45) is 4.01. The molecule has 1 aromatic carbocycles. The Balaban J connectivity index is 1.23. The van der Waals surface area contributed by atoms with E-state index in [4.69, 9.17) is 20.9 Å². The number of carbonyl (C=O) groups is 1. The zero-order chi connectivity index (χ0) is 21.4. The zero-order valence-corrected chi connectivity index (χ0v) is 17.9. The van der Waals surface area contributed by atoms with Crippen molar-refractivity contribution in [2.45, 2.75) is 18.8 Å². The van der Waals surface area contributed by atoms with Gasteiger partial charge in [0.2, 0.25) is 11.7 Å². The molecular formula is C22H22ClN5O3. The average Bonchev–Trinajstić information content (AvgIpc) is 3.55. The summed E-state index contributed by atoms with van der Waals surface area (Å²) in [6.45, 7) is 2.56. The summed E-state index contributed by atoms with van der Waals surface area (Å²) in [4.78, 5) is 26.0. The molecule has 5 rings (SSSR count). The number of ether oxygens (including phenoxy) is 1. The van der Waals surface area contributed by atoms with Gasteiger partial charge in [-0.15, -0.1) is 0 Å². The van der Waals surface area contributed by atoms with Crippen LogP contribution in [0.4, 0.5) is 5.82 Å². The van der Waals surface area contributed by atoms with Crippen LogP contribution in [0.1, 0.15) is 35.0 Å². The van der Waals surface area contributed by atoms with Gasteiger partial charge in [0.1, 0.15) is 11.6 Å². The van der Waals surface area contributed by atoms with Gasteiger partial charge in [-0.2, -0.15) is 4.98 Å². The molecule has 31 heavy (non-hydrogen) atoms. The van der Waals surface area contributed by atoms with Crippen LogP contribution in [0, 0.1) is 0 Å². The van der Waals surface area contributed by atoms with Crippen LogP contribution in [-0.2, 0) is 0 Å². The molecular weight excluding hydrogens is 418 g/mol. The van der Waals surface area contributed by atoms with E-state index >= 15 is 0 Å². The number of hydrogen-bond acceptors (Lipinski definition) is 7. The number of anilines is 1. The van der Waals surface area contributed by atoms with Crippen LogP contribution in [0.25, 0.3) is 11.4 Å². The zero-order valence-electron chi connectivity index (χ0n) is 17.1. The Bertz CT molecular complexity index is 1090. The Kier molecular flexibility index (Phi) is 5.23. The highest BCUT2D eigenvalue weighted by Crippen LogP contribution is 2.39.